The van der Waals surface area contributed by atoms with Gasteiger partial charge in [-0.1, -0.05) is 18.6 Å². The van der Waals surface area contributed by atoms with E-state index in [0.717, 1.165) is 17.7 Å². The van der Waals surface area contributed by atoms with Crippen LogP contribution in [-0.4, -0.2) is 41.2 Å². The summed E-state index contributed by atoms with van der Waals surface area (Å²) in [6.45, 7) is 1.83. The van der Waals surface area contributed by atoms with Crippen molar-refractivity contribution in [1.29, 1.82) is 0 Å². The smallest absolute Gasteiger partial charge is 0.255 e. The summed E-state index contributed by atoms with van der Waals surface area (Å²) in [6, 6.07) is 5.32. The number of rotatable bonds is 6. The molecule has 0 spiro atoms. The van der Waals surface area contributed by atoms with Crippen molar-refractivity contribution in [3.8, 4) is 0 Å². The Bertz CT molecular complexity index is 774. The number of fused-ring (bicyclic) bond motifs is 1. The summed E-state index contributed by atoms with van der Waals surface area (Å²) >= 11 is 0. The van der Waals surface area contributed by atoms with Gasteiger partial charge in [0.05, 0.1) is 0 Å². The molecule has 0 aromatic heterocycles. The minimum atomic E-state index is -0.574. The lowest BCUT2D eigenvalue weighted by atomic mass is 9.80. The van der Waals surface area contributed by atoms with Crippen LogP contribution in [0.3, 0.4) is 0 Å². The number of nitrogens with one attached hydrogen (secondary N) is 2. The van der Waals surface area contributed by atoms with E-state index in [0.29, 0.717) is 31.0 Å². The quantitative estimate of drug-likeness (QED) is 0.638. The number of imide groups is 1. The fourth-order valence-corrected chi connectivity index (χ4v) is 4.22. The molecule has 3 aliphatic rings. The van der Waals surface area contributed by atoms with Crippen LogP contribution in [0.15, 0.2) is 18.2 Å². The van der Waals surface area contributed by atoms with E-state index in [9.17, 15) is 14.4 Å². The standard InChI is InChI=1S/C20H26N4O3/c21-16(12-3-1-4-12)10-22-9-13-5-2-6-14-15(13)11-24(20(14)27)17-7-8-18(25)23-19(17)26/h2,5-6,12,16-17,22H,1,3-4,7-11,21H2,(H,23,25,26). The first-order chi connectivity index (χ1) is 13.0. The van der Waals surface area contributed by atoms with Crippen molar-refractivity contribution in [3.63, 3.8) is 0 Å². The van der Waals surface area contributed by atoms with Crippen LogP contribution in [0.25, 0.3) is 0 Å². The lowest BCUT2D eigenvalue weighted by molar-refractivity contribution is -0.136. The average molecular weight is 370 g/mol. The molecule has 2 atom stereocenters. The first kappa shape index (κ1) is 18.1. The van der Waals surface area contributed by atoms with Crippen LogP contribution in [0.5, 0.6) is 0 Å². The highest BCUT2D eigenvalue weighted by Gasteiger charge is 2.39. The molecular weight excluding hydrogens is 344 g/mol. The minimum absolute atomic E-state index is 0.132. The maximum Gasteiger partial charge on any atom is 0.255 e. The van der Waals surface area contributed by atoms with Crippen molar-refractivity contribution in [3.05, 3.63) is 34.9 Å². The SMILES string of the molecule is NC(CNCc1cccc2c1CN(C1CCC(=O)NC1=O)C2=O)C1CCC1. The Morgan fingerprint density at radius 2 is 2.04 bits per heavy atom. The van der Waals surface area contributed by atoms with Crippen molar-refractivity contribution >= 4 is 17.7 Å². The van der Waals surface area contributed by atoms with Crippen LogP contribution in [0.4, 0.5) is 0 Å². The molecule has 0 bridgehead atoms. The van der Waals surface area contributed by atoms with Crippen LogP contribution in [0.1, 0.15) is 53.6 Å². The highest BCUT2D eigenvalue weighted by Crippen LogP contribution is 2.30. The molecule has 2 unspecified atom stereocenters. The zero-order chi connectivity index (χ0) is 19.0. The number of benzene rings is 1. The normalized spacial score (nSPS) is 23.8. The van der Waals surface area contributed by atoms with Crippen LogP contribution >= 0.6 is 0 Å². The molecule has 2 heterocycles. The van der Waals surface area contributed by atoms with Gasteiger partial charge >= 0.3 is 0 Å². The van der Waals surface area contributed by atoms with Crippen molar-refractivity contribution in [1.82, 2.24) is 15.5 Å². The Hall–Kier alpha value is -2.25. The van der Waals surface area contributed by atoms with Gasteiger partial charge in [0.25, 0.3) is 5.91 Å². The van der Waals surface area contributed by atoms with Crippen molar-refractivity contribution in [2.24, 2.45) is 11.7 Å². The topological polar surface area (TPSA) is 105 Å². The third kappa shape index (κ3) is 3.49. The number of hydrogen-bond acceptors (Lipinski definition) is 5. The number of nitrogens with two attached hydrogens (primary N) is 1. The van der Waals surface area contributed by atoms with E-state index in [1.807, 2.05) is 18.2 Å². The molecule has 1 saturated heterocycles. The summed E-state index contributed by atoms with van der Waals surface area (Å²) in [6.07, 6.45) is 4.37. The summed E-state index contributed by atoms with van der Waals surface area (Å²) in [5, 5.41) is 5.76. The molecule has 0 radical (unpaired) electrons. The Labute approximate surface area is 158 Å². The summed E-state index contributed by atoms with van der Waals surface area (Å²) in [5.74, 6) is -0.150. The van der Waals surface area contributed by atoms with Gasteiger partial charge in [-0.05, 0) is 42.4 Å². The van der Waals surface area contributed by atoms with E-state index in [2.05, 4.69) is 10.6 Å². The molecule has 3 amide bonds. The monoisotopic (exact) mass is 370 g/mol. The Morgan fingerprint density at radius 1 is 1.22 bits per heavy atom. The van der Waals surface area contributed by atoms with E-state index in [1.165, 1.54) is 19.3 Å². The summed E-state index contributed by atoms with van der Waals surface area (Å²) in [5.41, 5.74) is 8.92. The number of amides is 3. The van der Waals surface area contributed by atoms with Gasteiger partial charge in [-0.25, -0.2) is 0 Å². The zero-order valence-corrected chi connectivity index (χ0v) is 15.4. The lowest BCUT2D eigenvalue weighted by Crippen LogP contribution is -2.52. The highest BCUT2D eigenvalue weighted by atomic mass is 16.2. The van der Waals surface area contributed by atoms with Gasteiger partial charge in [-0.15, -0.1) is 0 Å². The summed E-state index contributed by atoms with van der Waals surface area (Å²) in [4.78, 5) is 38.0. The van der Waals surface area contributed by atoms with Crippen molar-refractivity contribution < 1.29 is 14.4 Å². The van der Waals surface area contributed by atoms with E-state index in [1.54, 1.807) is 4.90 Å². The number of carbonyl (C=O) groups excluding carboxylic acids is 3. The summed E-state index contributed by atoms with van der Waals surface area (Å²) in [7, 11) is 0. The van der Waals surface area contributed by atoms with Crippen LogP contribution < -0.4 is 16.4 Å². The maximum atomic E-state index is 12.8. The van der Waals surface area contributed by atoms with Crippen molar-refractivity contribution in [2.75, 3.05) is 6.54 Å². The Kier molecular flexibility index (Phi) is 4.97. The third-order valence-electron chi connectivity index (χ3n) is 6.13. The number of nitrogens with zero attached hydrogens (tertiary/aromatic N) is 1. The molecule has 4 N–H and O–H groups in total. The average Bonchev–Trinajstić information content (AvgIpc) is 2.91. The van der Waals surface area contributed by atoms with Gasteiger partial charge in [0.2, 0.25) is 11.8 Å². The Balaban J connectivity index is 1.42. The molecule has 7 nitrogen and oxygen atoms in total. The molecule has 2 aliphatic heterocycles. The fraction of sp³-hybridized carbons (Fsp3) is 0.550. The first-order valence-electron chi connectivity index (χ1n) is 9.76. The Morgan fingerprint density at radius 3 is 2.74 bits per heavy atom. The zero-order valence-electron chi connectivity index (χ0n) is 15.4. The second kappa shape index (κ2) is 7.40. The number of piperidine rings is 1. The molecule has 7 heteroatoms. The van der Waals surface area contributed by atoms with Crippen LogP contribution in [0.2, 0.25) is 0 Å². The van der Waals surface area contributed by atoms with E-state index >= 15 is 0 Å². The van der Waals surface area contributed by atoms with E-state index in [-0.39, 0.29) is 30.2 Å². The molecule has 27 heavy (non-hydrogen) atoms. The molecule has 144 valence electrons. The van der Waals surface area contributed by atoms with Crippen LogP contribution in [-0.2, 0) is 22.7 Å². The predicted molar refractivity (Wildman–Crippen MR) is 99.5 cm³/mol. The molecule has 1 aromatic rings. The highest BCUT2D eigenvalue weighted by molar-refractivity contribution is 6.05. The van der Waals surface area contributed by atoms with Gasteiger partial charge in [0, 0.05) is 37.7 Å². The second-order valence-electron chi connectivity index (χ2n) is 7.83. The fourth-order valence-electron chi connectivity index (χ4n) is 4.22. The third-order valence-corrected chi connectivity index (χ3v) is 6.13. The van der Waals surface area contributed by atoms with E-state index in [4.69, 9.17) is 5.73 Å². The molecule has 4 rings (SSSR count). The van der Waals surface area contributed by atoms with Gasteiger partial charge in [-0.2, -0.15) is 0 Å². The molecule has 1 aromatic carbocycles. The van der Waals surface area contributed by atoms with Gasteiger partial charge in [0.15, 0.2) is 0 Å². The largest absolute Gasteiger partial charge is 0.326 e. The molecular formula is C20H26N4O3. The van der Waals surface area contributed by atoms with Gasteiger partial charge < -0.3 is 16.0 Å². The number of carbonyl (C=O) groups is 3. The van der Waals surface area contributed by atoms with Gasteiger partial charge in [0.1, 0.15) is 6.04 Å². The maximum absolute atomic E-state index is 12.8. The minimum Gasteiger partial charge on any atom is -0.326 e. The van der Waals surface area contributed by atoms with Crippen LogP contribution in [0, 0.1) is 5.92 Å². The molecule has 1 aliphatic carbocycles. The predicted octanol–water partition coefficient (Wildman–Crippen LogP) is 0.665. The van der Waals surface area contributed by atoms with E-state index < -0.39 is 6.04 Å². The molecule has 2 fully saturated rings. The second-order valence-corrected chi connectivity index (χ2v) is 7.83. The molecule has 1 saturated carbocycles. The lowest BCUT2D eigenvalue weighted by Gasteiger charge is -2.31. The summed E-state index contributed by atoms with van der Waals surface area (Å²) < 4.78 is 0. The first-order valence-corrected chi connectivity index (χ1v) is 9.76. The van der Waals surface area contributed by atoms with Crippen molar-refractivity contribution in [2.45, 2.75) is 57.3 Å². The number of hydrogen-bond donors (Lipinski definition) is 3. The van der Waals surface area contributed by atoms with Gasteiger partial charge in [-0.3, -0.25) is 19.7 Å².